The lowest BCUT2D eigenvalue weighted by atomic mass is 10.1. The predicted molar refractivity (Wildman–Crippen MR) is 121 cm³/mol. The smallest absolute Gasteiger partial charge is 0.195 e. The van der Waals surface area contributed by atoms with Gasteiger partial charge in [-0.25, -0.2) is 0 Å². The Morgan fingerprint density at radius 1 is 1.00 bits per heavy atom. The number of aryl methyl sites for hydroxylation is 2. The standard InChI is InChI=1S/C22H22BrN5S/c1-15-20(23)16(2)28(26-15)14-18-8-10-19(11-9-18)21-24-25-22(29)27(21)13-12-17-6-4-3-5-7-17/h3-11H,12-14H2,1-2H3,(H,25,29). The highest BCUT2D eigenvalue weighted by Gasteiger charge is 2.11. The fourth-order valence-electron chi connectivity index (χ4n) is 3.39. The van der Waals surface area contributed by atoms with Crippen LogP contribution < -0.4 is 0 Å². The highest BCUT2D eigenvalue weighted by molar-refractivity contribution is 9.10. The molecule has 0 fully saturated rings. The van der Waals surface area contributed by atoms with Crippen LogP contribution in [0.15, 0.2) is 59.1 Å². The van der Waals surface area contributed by atoms with Gasteiger partial charge in [0, 0.05) is 12.1 Å². The van der Waals surface area contributed by atoms with Crippen LogP contribution in [0.3, 0.4) is 0 Å². The zero-order valence-electron chi connectivity index (χ0n) is 16.4. The third kappa shape index (κ3) is 4.26. The Morgan fingerprint density at radius 2 is 1.72 bits per heavy atom. The molecule has 148 valence electrons. The number of H-pyrrole nitrogens is 1. The van der Waals surface area contributed by atoms with Gasteiger partial charge in [-0.05, 0) is 59.5 Å². The van der Waals surface area contributed by atoms with Gasteiger partial charge in [-0.3, -0.25) is 14.3 Å². The van der Waals surface area contributed by atoms with E-state index in [9.17, 15) is 0 Å². The van der Waals surface area contributed by atoms with Crippen molar-refractivity contribution in [1.29, 1.82) is 0 Å². The van der Waals surface area contributed by atoms with E-state index in [1.54, 1.807) is 0 Å². The molecule has 0 saturated carbocycles. The van der Waals surface area contributed by atoms with Crippen molar-refractivity contribution in [3.63, 3.8) is 0 Å². The number of benzene rings is 2. The maximum absolute atomic E-state index is 5.46. The van der Waals surface area contributed by atoms with Gasteiger partial charge in [0.1, 0.15) is 0 Å². The molecule has 0 radical (unpaired) electrons. The number of aromatic nitrogens is 5. The van der Waals surface area contributed by atoms with Crippen molar-refractivity contribution < 1.29 is 0 Å². The van der Waals surface area contributed by atoms with E-state index in [4.69, 9.17) is 12.2 Å². The molecule has 7 heteroatoms. The van der Waals surface area contributed by atoms with E-state index in [-0.39, 0.29) is 0 Å². The minimum Gasteiger partial charge on any atom is -0.300 e. The van der Waals surface area contributed by atoms with E-state index in [0.29, 0.717) is 4.77 Å². The highest BCUT2D eigenvalue weighted by atomic mass is 79.9. The Hall–Kier alpha value is -2.51. The van der Waals surface area contributed by atoms with E-state index in [1.807, 2.05) is 17.7 Å². The van der Waals surface area contributed by atoms with Gasteiger partial charge in [0.05, 0.1) is 22.4 Å². The van der Waals surface area contributed by atoms with Gasteiger partial charge in [-0.2, -0.15) is 10.2 Å². The molecule has 2 aromatic heterocycles. The first-order chi connectivity index (χ1) is 14.0. The molecule has 0 saturated heterocycles. The molecular weight excluding hydrogens is 446 g/mol. The highest BCUT2D eigenvalue weighted by Crippen LogP contribution is 2.22. The van der Waals surface area contributed by atoms with E-state index < -0.39 is 0 Å². The van der Waals surface area contributed by atoms with Gasteiger partial charge in [0.15, 0.2) is 10.6 Å². The summed E-state index contributed by atoms with van der Waals surface area (Å²) >= 11 is 9.05. The Balaban J connectivity index is 1.53. The summed E-state index contributed by atoms with van der Waals surface area (Å²) in [6.45, 7) is 5.60. The van der Waals surface area contributed by atoms with Crippen molar-refractivity contribution in [2.45, 2.75) is 33.4 Å². The van der Waals surface area contributed by atoms with Crippen LogP contribution in [0.25, 0.3) is 11.4 Å². The molecule has 2 heterocycles. The average molecular weight is 468 g/mol. The van der Waals surface area contributed by atoms with Crippen molar-refractivity contribution in [1.82, 2.24) is 24.5 Å². The number of aromatic amines is 1. The van der Waals surface area contributed by atoms with Crippen LogP contribution in [0.2, 0.25) is 0 Å². The molecule has 0 aliphatic carbocycles. The minimum atomic E-state index is 0.646. The fraction of sp³-hybridized carbons (Fsp3) is 0.227. The quantitative estimate of drug-likeness (QED) is 0.382. The molecule has 5 nitrogen and oxygen atoms in total. The van der Waals surface area contributed by atoms with E-state index >= 15 is 0 Å². The number of halogens is 1. The van der Waals surface area contributed by atoms with Crippen LogP contribution in [0.1, 0.15) is 22.5 Å². The molecule has 0 bridgehead atoms. The first-order valence-electron chi connectivity index (χ1n) is 9.51. The summed E-state index contributed by atoms with van der Waals surface area (Å²) in [6, 6.07) is 18.9. The molecule has 0 atom stereocenters. The summed E-state index contributed by atoms with van der Waals surface area (Å²) in [5.74, 6) is 0.867. The Bertz CT molecular complexity index is 1170. The number of hydrogen-bond acceptors (Lipinski definition) is 3. The summed E-state index contributed by atoms with van der Waals surface area (Å²) < 4.78 is 5.80. The fourth-order valence-corrected chi connectivity index (χ4v) is 3.90. The van der Waals surface area contributed by atoms with Crippen LogP contribution in [0.4, 0.5) is 0 Å². The van der Waals surface area contributed by atoms with Crippen molar-refractivity contribution >= 4 is 28.1 Å². The third-order valence-electron chi connectivity index (χ3n) is 5.06. The summed E-state index contributed by atoms with van der Waals surface area (Å²) in [6.07, 6.45) is 0.909. The van der Waals surface area contributed by atoms with Crippen molar-refractivity contribution in [2.75, 3.05) is 0 Å². The molecule has 29 heavy (non-hydrogen) atoms. The summed E-state index contributed by atoms with van der Waals surface area (Å²) in [7, 11) is 0. The lowest BCUT2D eigenvalue weighted by Gasteiger charge is -2.09. The van der Waals surface area contributed by atoms with Crippen LogP contribution in [0.5, 0.6) is 0 Å². The molecule has 0 aliphatic rings. The molecule has 0 aliphatic heterocycles. The minimum absolute atomic E-state index is 0.646. The molecule has 1 N–H and O–H groups in total. The third-order valence-corrected chi connectivity index (χ3v) is 6.52. The second-order valence-corrected chi connectivity index (χ2v) is 8.26. The van der Waals surface area contributed by atoms with Crippen LogP contribution in [-0.2, 0) is 19.5 Å². The number of hydrogen-bond donors (Lipinski definition) is 1. The molecule has 0 unspecified atom stereocenters. The van der Waals surface area contributed by atoms with Crippen molar-refractivity contribution in [3.8, 4) is 11.4 Å². The number of nitrogens with one attached hydrogen (secondary N) is 1. The topological polar surface area (TPSA) is 51.4 Å². The van der Waals surface area contributed by atoms with Crippen molar-refractivity contribution in [3.05, 3.63) is 86.4 Å². The zero-order chi connectivity index (χ0) is 20.4. The summed E-state index contributed by atoms with van der Waals surface area (Å²) in [5.41, 5.74) is 5.66. The van der Waals surface area contributed by atoms with Gasteiger partial charge in [-0.15, -0.1) is 0 Å². The van der Waals surface area contributed by atoms with Crippen LogP contribution in [-0.4, -0.2) is 24.5 Å². The van der Waals surface area contributed by atoms with Crippen molar-refractivity contribution in [2.24, 2.45) is 0 Å². The largest absolute Gasteiger partial charge is 0.300 e. The molecule has 0 spiro atoms. The van der Waals surface area contributed by atoms with Gasteiger partial charge in [-0.1, -0.05) is 54.6 Å². The Kier molecular flexibility index (Phi) is 5.78. The zero-order valence-corrected chi connectivity index (χ0v) is 18.8. The monoisotopic (exact) mass is 467 g/mol. The lowest BCUT2D eigenvalue weighted by molar-refractivity contribution is 0.658. The first-order valence-corrected chi connectivity index (χ1v) is 10.7. The second-order valence-electron chi connectivity index (χ2n) is 7.08. The lowest BCUT2D eigenvalue weighted by Crippen LogP contribution is -2.05. The molecule has 4 rings (SSSR count). The van der Waals surface area contributed by atoms with Gasteiger partial charge >= 0.3 is 0 Å². The normalized spacial score (nSPS) is 11.1. The van der Waals surface area contributed by atoms with Gasteiger partial charge in [0.25, 0.3) is 0 Å². The first kappa shape index (κ1) is 19.8. The molecular formula is C22H22BrN5S. The van der Waals surface area contributed by atoms with Crippen LogP contribution >= 0.6 is 28.1 Å². The average Bonchev–Trinajstić information content (AvgIpc) is 3.22. The van der Waals surface area contributed by atoms with E-state index in [1.165, 1.54) is 11.1 Å². The molecule has 0 amide bonds. The maximum Gasteiger partial charge on any atom is 0.195 e. The summed E-state index contributed by atoms with van der Waals surface area (Å²) in [4.78, 5) is 0. The number of nitrogens with zero attached hydrogens (tertiary/aromatic N) is 4. The molecule has 4 aromatic rings. The summed E-state index contributed by atoms with van der Waals surface area (Å²) in [5, 5.41) is 12.0. The van der Waals surface area contributed by atoms with Crippen LogP contribution in [0, 0.1) is 18.6 Å². The molecule has 2 aromatic carbocycles. The van der Waals surface area contributed by atoms with Gasteiger partial charge in [0.2, 0.25) is 0 Å². The van der Waals surface area contributed by atoms with Gasteiger partial charge < -0.3 is 0 Å². The van der Waals surface area contributed by atoms with E-state index in [2.05, 4.69) is 91.2 Å². The Morgan fingerprint density at radius 3 is 2.38 bits per heavy atom. The maximum atomic E-state index is 5.46. The van der Waals surface area contributed by atoms with E-state index in [0.717, 1.165) is 46.8 Å². The Labute approximate surface area is 183 Å². The number of rotatable bonds is 6. The predicted octanol–water partition coefficient (Wildman–Crippen LogP) is 5.47. The SMILES string of the molecule is Cc1nn(Cc2ccc(-c3n[nH]c(=S)n3CCc3ccccc3)cc2)c(C)c1Br. The second kappa shape index (κ2) is 8.47.